The maximum atomic E-state index is 10.6. The zero-order valence-electron chi connectivity index (χ0n) is 3.83. The zero-order valence-corrected chi connectivity index (χ0v) is 6.99. The first-order valence-corrected chi connectivity index (χ1v) is 4.26. The molecule has 0 heterocycles. The van der Waals surface area contributed by atoms with E-state index in [0.717, 1.165) is 0 Å². The molecule has 0 fully saturated rings. The smallest absolute Gasteiger partial charge is 0.367 e. The van der Waals surface area contributed by atoms with Crippen molar-refractivity contribution in [3.05, 3.63) is 0 Å². The predicted octanol–water partition coefficient (Wildman–Crippen LogP) is 2.03. The molecule has 8 heteroatoms. The van der Waals surface area contributed by atoms with Crippen molar-refractivity contribution in [1.82, 2.24) is 0 Å². The van der Waals surface area contributed by atoms with Crippen LogP contribution in [0.4, 0.5) is 0 Å². The third kappa shape index (κ3) is 2.60. The fraction of sp³-hybridized carbons (Fsp3) is 1.00. The van der Waals surface area contributed by atoms with Gasteiger partial charge in [-0.15, -0.1) is 0 Å². The van der Waals surface area contributed by atoms with Crippen LogP contribution in [0.5, 0.6) is 0 Å². The molecule has 0 radical (unpaired) electrons. The van der Waals surface area contributed by atoms with Gasteiger partial charge in [0, 0.05) is 0 Å². The van der Waals surface area contributed by atoms with Crippen molar-refractivity contribution in [2.45, 2.75) is 5.30 Å². The maximum Gasteiger partial charge on any atom is 0.406 e. The van der Waals surface area contributed by atoms with E-state index in [1.54, 1.807) is 0 Å². The van der Waals surface area contributed by atoms with Gasteiger partial charge < -0.3 is 5.11 Å². The molecule has 4 nitrogen and oxygen atoms in total. The minimum Gasteiger partial charge on any atom is -0.367 e. The Morgan fingerprint density at radius 3 is 1.78 bits per heavy atom. The Labute approximate surface area is 66.5 Å². The number of rotatable bonds is 3. The highest BCUT2D eigenvalue weighted by Gasteiger charge is 2.33. The Hall–Kier alpha value is 0.980. The van der Waals surface area contributed by atoms with E-state index in [-0.39, 0.29) is 0 Å². The average Bonchev–Trinajstić information content (AvgIpc) is 1.86. The number of halogens is 3. The summed E-state index contributed by atoms with van der Waals surface area (Å²) in [6.07, 6.45) is 0. The third-order valence-electron chi connectivity index (χ3n) is 0.453. The van der Waals surface area contributed by atoms with Gasteiger partial charge in [0.2, 0.25) is 5.30 Å². The second-order valence-electron chi connectivity index (χ2n) is 0.988. The van der Waals surface area contributed by atoms with Gasteiger partial charge in [-0.1, -0.05) is 11.6 Å². The van der Waals surface area contributed by atoms with E-state index in [1.165, 1.54) is 0 Å². The molecule has 0 rings (SSSR count). The van der Waals surface area contributed by atoms with Crippen LogP contribution in [0.25, 0.3) is 0 Å². The van der Waals surface area contributed by atoms with Crippen molar-refractivity contribution in [2.75, 3.05) is 0 Å². The van der Waals surface area contributed by atoms with Crippen LogP contribution >= 0.6 is 42.9 Å². The molecular formula is CH2Cl3O4P. The normalized spacial score (nSPS) is 15.6. The number of hydrogen-bond acceptors (Lipinski definition) is 4. The van der Waals surface area contributed by atoms with Crippen LogP contribution in [0.1, 0.15) is 0 Å². The van der Waals surface area contributed by atoms with Crippen LogP contribution in [-0.4, -0.2) is 10.4 Å². The lowest BCUT2D eigenvalue weighted by Crippen LogP contribution is -1.97. The Bertz CT molecular complexity index is 117. The van der Waals surface area contributed by atoms with Gasteiger partial charge in [-0.25, -0.2) is 0 Å². The molecule has 1 unspecified atom stereocenters. The van der Waals surface area contributed by atoms with Crippen molar-refractivity contribution in [3.8, 4) is 0 Å². The lowest BCUT2D eigenvalue weighted by Gasteiger charge is -2.08. The van der Waals surface area contributed by atoms with Gasteiger partial charge in [-0.2, -0.15) is 8.15 Å². The summed E-state index contributed by atoms with van der Waals surface area (Å²) in [6.45, 7) is 0. The lowest BCUT2D eigenvalue weighted by molar-refractivity contribution is 0.277. The topological polar surface area (TPSA) is 55.8 Å². The minimum absolute atomic E-state index is 1.85. The second-order valence-corrected chi connectivity index (χ2v) is 4.38. The predicted molar refractivity (Wildman–Crippen MR) is 33.3 cm³/mol. The Kier molecular flexibility index (Phi) is 4.42. The van der Waals surface area contributed by atoms with Crippen molar-refractivity contribution in [2.24, 2.45) is 0 Å². The Balaban J connectivity index is 4.11. The highest BCUT2D eigenvalue weighted by Crippen LogP contribution is 2.55. The summed E-state index contributed by atoms with van der Waals surface area (Å²) in [5.41, 5.74) is 0. The van der Waals surface area contributed by atoms with E-state index in [2.05, 4.69) is 31.9 Å². The molecule has 0 aliphatic heterocycles. The summed E-state index contributed by atoms with van der Waals surface area (Å²) in [5, 5.41) is 6.50. The van der Waals surface area contributed by atoms with E-state index in [0.29, 0.717) is 0 Å². The summed E-state index contributed by atoms with van der Waals surface area (Å²) in [4.78, 5) is 0. The molecule has 0 saturated heterocycles. The van der Waals surface area contributed by atoms with Crippen LogP contribution in [0.15, 0.2) is 0 Å². The molecule has 1 N–H and O–H groups in total. The molecular weight excluding hydrogens is 213 g/mol. The second kappa shape index (κ2) is 3.98. The molecule has 1 atom stereocenters. The van der Waals surface area contributed by atoms with Gasteiger partial charge in [0.15, 0.2) is 0 Å². The van der Waals surface area contributed by atoms with Crippen LogP contribution in [-0.2, 0) is 12.7 Å². The number of aliphatic hydroxyl groups excluding tert-OH is 1. The molecule has 9 heavy (non-hydrogen) atoms. The van der Waals surface area contributed by atoms with E-state index < -0.39 is 12.9 Å². The van der Waals surface area contributed by atoms with Crippen LogP contribution < -0.4 is 0 Å². The van der Waals surface area contributed by atoms with Gasteiger partial charge in [0.25, 0.3) is 0 Å². The number of alkyl halides is 1. The van der Waals surface area contributed by atoms with Crippen LogP contribution in [0.2, 0.25) is 0 Å². The molecule has 0 aromatic heterocycles. The fourth-order valence-electron chi connectivity index (χ4n) is 0.0764. The van der Waals surface area contributed by atoms with Gasteiger partial charge >= 0.3 is 7.60 Å². The first kappa shape index (κ1) is 9.98. The summed E-state index contributed by atoms with van der Waals surface area (Å²) >= 11 is 14.0. The first-order chi connectivity index (χ1) is 4.06. The zero-order chi connectivity index (χ0) is 7.49. The average molecular weight is 215 g/mol. The van der Waals surface area contributed by atoms with Gasteiger partial charge in [0.1, 0.15) is 0 Å². The molecule has 0 aliphatic carbocycles. The molecule has 0 aromatic carbocycles. The van der Waals surface area contributed by atoms with Crippen molar-refractivity contribution in [3.63, 3.8) is 0 Å². The minimum atomic E-state index is -3.90. The first-order valence-electron chi connectivity index (χ1n) is 1.59. The highest BCUT2D eigenvalue weighted by molar-refractivity contribution is 7.58. The van der Waals surface area contributed by atoms with Gasteiger partial charge in [-0.3, -0.25) is 4.57 Å². The van der Waals surface area contributed by atoms with Gasteiger partial charge in [-0.05, 0) is 0 Å². The Morgan fingerprint density at radius 1 is 1.44 bits per heavy atom. The summed E-state index contributed by atoms with van der Waals surface area (Å²) in [7, 11) is -3.90. The monoisotopic (exact) mass is 214 g/mol. The summed E-state index contributed by atoms with van der Waals surface area (Å²) < 4.78 is 17.8. The standard InChI is InChI=1S/CH2Cl3O4P/c2-1(5)9(6,7-3)8-4/h1,5H. The molecule has 0 spiro atoms. The fourth-order valence-corrected chi connectivity index (χ4v) is 1.42. The van der Waals surface area contributed by atoms with Crippen LogP contribution in [0, 0.1) is 0 Å². The molecule has 0 amide bonds. The number of aliphatic hydroxyl groups is 1. The van der Waals surface area contributed by atoms with E-state index in [4.69, 9.17) is 16.7 Å². The molecule has 56 valence electrons. The maximum absolute atomic E-state index is 10.6. The molecule has 0 saturated carbocycles. The van der Waals surface area contributed by atoms with Gasteiger partial charge in [0.05, 0.1) is 23.7 Å². The van der Waals surface area contributed by atoms with Crippen molar-refractivity contribution >= 4 is 42.9 Å². The molecule has 0 bridgehead atoms. The van der Waals surface area contributed by atoms with Crippen molar-refractivity contribution < 1.29 is 17.8 Å². The lowest BCUT2D eigenvalue weighted by atomic mass is 11.7. The van der Waals surface area contributed by atoms with Crippen LogP contribution in [0.3, 0.4) is 0 Å². The molecule has 0 aromatic rings. The van der Waals surface area contributed by atoms with E-state index in [1.807, 2.05) is 0 Å². The van der Waals surface area contributed by atoms with E-state index in [9.17, 15) is 4.57 Å². The largest absolute Gasteiger partial charge is 0.406 e. The molecule has 0 aliphatic rings. The highest BCUT2D eigenvalue weighted by atomic mass is 35.5. The number of hydrogen-bond donors (Lipinski definition) is 1. The van der Waals surface area contributed by atoms with E-state index >= 15 is 0 Å². The SMILES string of the molecule is O=P(OCl)(OCl)C(O)Cl. The Morgan fingerprint density at radius 2 is 1.78 bits per heavy atom. The van der Waals surface area contributed by atoms with Crippen molar-refractivity contribution in [1.29, 1.82) is 0 Å². The third-order valence-corrected chi connectivity index (χ3v) is 3.23. The summed E-state index contributed by atoms with van der Waals surface area (Å²) in [5.74, 6) is 0. The summed E-state index contributed by atoms with van der Waals surface area (Å²) in [6, 6.07) is 0. The quantitative estimate of drug-likeness (QED) is 0.578.